The van der Waals surface area contributed by atoms with Crippen LogP contribution in [0.25, 0.3) is 0 Å². The van der Waals surface area contributed by atoms with E-state index in [9.17, 15) is 4.39 Å². The number of methoxy groups -OCH3 is 1. The second-order valence-corrected chi connectivity index (χ2v) is 6.03. The molecule has 0 unspecified atom stereocenters. The van der Waals surface area contributed by atoms with Crippen LogP contribution in [0.5, 0.6) is 11.5 Å². The van der Waals surface area contributed by atoms with Gasteiger partial charge in [0.05, 0.1) is 7.11 Å². The fourth-order valence-corrected chi connectivity index (χ4v) is 2.68. The smallest absolute Gasteiger partial charge is 0.161 e. The van der Waals surface area contributed by atoms with Gasteiger partial charge in [-0.25, -0.2) is 4.39 Å². The van der Waals surface area contributed by atoms with Gasteiger partial charge in [0.15, 0.2) is 11.5 Å². The molecule has 0 saturated heterocycles. The van der Waals surface area contributed by atoms with Gasteiger partial charge in [-0.2, -0.15) is 0 Å². The highest BCUT2D eigenvalue weighted by atomic mass is 19.1. The van der Waals surface area contributed by atoms with Crippen molar-refractivity contribution in [2.75, 3.05) is 12.4 Å². The first-order valence-electron chi connectivity index (χ1n) is 8.50. The maximum Gasteiger partial charge on any atom is 0.161 e. The molecule has 0 heterocycles. The summed E-state index contributed by atoms with van der Waals surface area (Å²) in [6.07, 6.45) is 0. The van der Waals surface area contributed by atoms with E-state index in [1.54, 1.807) is 25.3 Å². The minimum absolute atomic E-state index is 0.157. The highest BCUT2D eigenvalue weighted by Gasteiger charge is 2.08. The Morgan fingerprint density at radius 1 is 0.923 bits per heavy atom. The molecule has 0 bridgehead atoms. The number of para-hydroxylation sites is 1. The molecule has 3 nitrogen and oxygen atoms in total. The van der Waals surface area contributed by atoms with Crippen molar-refractivity contribution in [3.8, 4) is 11.5 Å². The first kappa shape index (κ1) is 17.8. The standard InChI is InChI=1S/C22H22FNO2/c1-16-7-3-6-10-20(16)24-14-17-11-12-21(22(13-17)25-2)26-15-18-8-4-5-9-19(18)23/h3-13,24H,14-15H2,1-2H3. The van der Waals surface area contributed by atoms with Crippen molar-refractivity contribution in [2.45, 2.75) is 20.1 Å². The van der Waals surface area contributed by atoms with Crippen LogP contribution in [0.3, 0.4) is 0 Å². The van der Waals surface area contributed by atoms with Crippen molar-refractivity contribution >= 4 is 5.69 Å². The van der Waals surface area contributed by atoms with Crippen LogP contribution in [0.2, 0.25) is 0 Å². The molecule has 3 aromatic rings. The van der Waals surface area contributed by atoms with Crippen LogP contribution < -0.4 is 14.8 Å². The summed E-state index contributed by atoms with van der Waals surface area (Å²) in [5.41, 5.74) is 3.89. The first-order valence-corrected chi connectivity index (χ1v) is 8.50. The number of halogens is 1. The van der Waals surface area contributed by atoms with Gasteiger partial charge in [0.1, 0.15) is 12.4 Å². The largest absolute Gasteiger partial charge is 0.493 e. The number of ether oxygens (including phenoxy) is 2. The third-order valence-electron chi connectivity index (χ3n) is 4.20. The van der Waals surface area contributed by atoms with E-state index in [-0.39, 0.29) is 12.4 Å². The maximum atomic E-state index is 13.7. The summed E-state index contributed by atoms with van der Waals surface area (Å²) in [5, 5.41) is 3.42. The molecule has 1 N–H and O–H groups in total. The summed E-state index contributed by atoms with van der Waals surface area (Å²) < 4.78 is 24.9. The van der Waals surface area contributed by atoms with Crippen molar-refractivity contribution < 1.29 is 13.9 Å². The van der Waals surface area contributed by atoms with Crippen molar-refractivity contribution in [1.82, 2.24) is 0 Å². The molecule has 4 heteroatoms. The molecule has 0 amide bonds. The van der Waals surface area contributed by atoms with E-state index in [0.717, 1.165) is 11.3 Å². The zero-order chi connectivity index (χ0) is 18.4. The van der Waals surface area contributed by atoms with Gasteiger partial charge in [0.25, 0.3) is 0 Å². The minimum atomic E-state index is -0.273. The van der Waals surface area contributed by atoms with E-state index in [0.29, 0.717) is 23.6 Å². The molecule has 134 valence electrons. The van der Waals surface area contributed by atoms with E-state index >= 15 is 0 Å². The summed E-state index contributed by atoms with van der Waals surface area (Å²) in [5.74, 6) is 0.950. The lowest BCUT2D eigenvalue weighted by atomic mass is 10.1. The molecule has 26 heavy (non-hydrogen) atoms. The average molecular weight is 351 g/mol. The van der Waals surface area contributed by atoms with Gasteiger partial charge >= 0.3 is 0 Å². The molecule has 0 aliphatic carbocycles. The molecule has 0 aliphatic rings. The number of benzene rings is 3. The molecule has 0 fully saturated rings. The highest BCUT2D eigenvalue weighted by molar-refractivity contribution is 5.51. The number of nitrogens with one attached hydrogen (secondary N) is 1. The lowest BCUT2D eigenvalue weighted by Gasteiger charge is -2.14. The van der Waals surface area contributed by atoms with E-state index in [4.69, 9.17) is 9.47 Å². The third-order valence-corrected chi connectivity index (χ3v) is 4.20. The number of hydrogen-bond acceptors (Lipinski definition) is 3. The summed E-state index contributed by atoms with van der Waals surface area (Å²) >= 11 is 0. The molecule has 3 aromatic carbocycles. The number of hydrogen-bond donors (Lipinski definition) is 1. The summed E-state index contributed by atoms with van der Waals surface area (Å²) in [4.78, 5) is 0. The SMILES string of the molecule is COc1cc(CNc2ccccc2C)ccc1OCc1ccccc1F. The summed E-state index contributed by atoms with van der Waals surface area (Å²) in [7, 11) is 1.60. The summed E-state index contributed by atoms with van der Waals surface area (Å²) in [6.45, 7) is 2.90. The van der Waals surface area contributed by atoms with Crippen LogP contribution in [0.1, 0.15) is 16.7 Å². The Morgan fingerprint density at radius 3 is 2.46 bits per heavy atom. The lowest BCUT2D eigenvalue weighted by Crippen LogP contribution is -2.03. The fourth-order valence-electron chi connectivity index (χ4n) is 2.68. The molecule has 0 radical (unpaired) electrons. The predicted molar refractivity (Wildman–Crippen MR) is 102 cm³/mol. The normalized spacial score (nSPS) is 10.4. The molecule has 0 atom stereocenters. The first-order chi connectivity index (χ1) is 12.7. The monoisotopic (exact) mass is 351 g/mol. The number of rotatable bonds is 7. The molecule has 0 spiro atoms. The summed E-state index contributed by atoms with van der Waals surface area (Å²) in [6, 6.07) is 20.5. The van der Waals surface area contributed by atoms with Gasteiger partial charge in [-0.15, -0.1) is 0 Å². The minimum Gasteiger partial charge on any atom is -0.493 e. The van der Waals surface area contributed by atoms with Crippen LogP contribution in [0.4, 0.5) is 10.1 Å². The fraction of sp³-hybridized carbons (Fsp3) is 0.182. The van der Waals surface area contributed by atoms with Crippen molar-refractivity contribution in [2.24, 2.45) is 0 Å². The lowest BCUT2D eigenvalue weighted by molar-refractivity contribution is 0.279. The van der Waals surface area contributed by atoms with E-state index in [1.807, 2.05) is 30.3 Å². The van der Waals surface area contributed by atoms with Gasteiger partial charge in [0, 0.05) is 17.8 Å². The second-order valence-electron chi connectivity index (χ2n) is 6.03. The van der Waals surface area contributed by atoms with Gasteiger partial charge in [-0.1, -0.05) is 42.5 Å². The Labute approximate surface area is 153 Å². The molecular formula is C22H22FNO2. The van der Waals surface area contributed by atoms with E-state index in [2.05, 4.69) is 24.4 Å². The third kappa shape index (κ3) is 4.33. The van der Waals surface area contributed by atoms with Crippen LogP contribution in [0, 0.1) is 12.7 Å². The predicted octanol–water partition coefficient (Wildman–Crippen LogP) is 5.33. The Kier molecular flexibility index (Phi) is 5.74. The van der Waals surface area contributed by atoms with Gasteiger partial charge < -0.3 is 14.8 Å². The molecule has 0 aliphatic heterocycles. The molecule has 0 aromatic heterocycles. The van der Waals surface area contributed by atoms with Gasteiger partial charge in [-0.05, 0) is 42.3 Å². The van der Waals surface area contributed by atoms with Crippen LogP contribution in [-0.4, -0.2) is 7.11 Å². The Hall–Kier alpha value is -3.01. The Bertz CT molecular complexity index is 880. The number of aryl methyl sites for hydroxylation is 1. The molecular weight excluding hydrogens is 329 g/mol. The van der Waals surface area contributed by atoms with Crippen molar-refractivity contribution in [1.29, 1.82) is 0 Å². The molecule has 3 rings (SSSR count). The van der Waals surface area contributed by atoms with Crippen LogP contribution in [0.15, 0.2) is 66.7 Å². The zero-order valence-electron chi connectivity index (χ0n) is 15.0. The van der Waals surface area contributed by atoms with E-state index < -0.39 is 0 Å². The van der Waals surface area contributed by atoms with E-state index in [1.165, 1.54) is 11.6 Å². The molecule has 0 saturated carbocycles. The highest BCUT2D eigenvalue weighted by Crippen LogP contribution is 2.29. The van der Waals surface area contributed by atoms with Gasteiger partial charge in [-0.3, -0.25) is 0 Å². The maximum absolute atomic E-state index is 13.7. The van der Waals surface area contributed by atoms with Crippen molar-refractivity contribution in [3.05, 3.63) is 89.2 Å². The van der Waals surface area contributed by atoms with Crippen LogP contribution >= 0.6 is 0 Å². The Morgan fingerprint density at radius 2 is 1.69 bits per heavy atom. The zero-order valence-corrected chi connectivity index (χ0v) is 15.0. The Balaban J connectivity index is 1.67. The van der Waals surface area contributed by atoms with Crippen molar-refractivity contribution in [3.63, 3.8) is 0 Å². The second kappa shape index (κ2) is 8.39. The van der Waals surface area contributed by atoms with Crippen LogP contribution in [-0.2, 0) is 13.2 Å². The average Bonchev–Trinajstić information content (AvgIpc) is 2.67. The number of anilines is 1. The van der Waals surface area contributed by atoms with Gasteiger partial charge in [0.2, 0.25) is 0 Å². The topological polar surface area (TPSA) is 30.5 Å². The quantitative estimate of drug-likeness (QED) is 0.624.